The van der Waals surface area contributed by atoms with E-state index in [0.717, 1.165) is 25.9 Å². The molecule has 8 nitrogen and oxygen atoms in total. The second-order valence-corrected chi connectivity index (χ2v) is 7.33. The topological polar surface area (TPSA) is 84.1 Å². The third-order valence-corrected chi connectivity index (χ3v) is 5.44. The van der Waals surface area contributed by atoms with Crippen LogP contribution in [0.25, 0.3) is 16.0 Å². The molecule has 154 valence electrons. The highest BCUT2D eigenvalue weighted by molar-refractivity contribution is 5.76. The Morgan fingerprint density at radius 3 is 2.65 bits per heavy atom. The van der Waals surface area contributed by atoms with Gasteiger partial charge in [0.05, 0.1) is 24.7 Å². The maximum absolute atomic E-state index is 13.6. The van der Waals surface area contributed by atoms with E-state index in [0.29, 0.717) is 29.1 Å². The Labute approximate surface area is 180 Å². The number of rotatable bonds is 4. The predicted molar refractivity (Wildman–Crippen MR) is 118 cm³/mol. The van der Waals surface area contributed by atoms with Crippen LogP contribution in [0.3, 0.4) is 0 Å². The first-order valence-corrected chi connectivity index (χ1v) is 10.2. The molecule has 1 saturated heterocycles. The molecule has 0 amide bonds. The molecule has 3 heterocycles. The van der Waals surface area contributed by atoms with Crippen LogP contribution < -0.4 is 10.5 Å². The zero-order valence-corrected chi connectivity index (χ0v) is 17.3. The second kappa shape index (κ2) is 8.73. The van der Waals surface area contributed by atoms with Gasteiger partial charge >= 0.3 is 11.5 Å². The summed E-state index contributed by atoms with van der Waals surface area (Å²) in [5.41, 5.74) is 1.38. The number of piperidine rings is 1. The summed E-state index contributed by atoms with van der Waals surface area (Å²) >= 11 is 0. The van der Waals surface area contributed by atoms with Crippen molar-refractivity contribution >= 4 is 23.1 Å². The minimum absolute atomic E-state index is 0.0401. The number of imidazole rings is 1. The molecule has 4 rings (SSSR count). The molecule has 0 saturated carbocycles. The van der Waals surface area contributed by atoms with Crippen LogP contribution in [0.5, 0.6) is 0 Å². The standard InChI is InChI=1S/C23H21N7O/c1-3-4-14-29-19-20(27-23(29)28-12-8-5-9-13-28)26-22(25-2)30(21(19)31)16-18-11-7-6-10-17(18)15-24/h6-7,10-11H,5,8-9,12-14,16H2,1H3. The molecule has 3 aromatic rings. The monoisotopic (exact) mass is 411 g/mol. The van der Waals surface area contributed by atoms with Crippen LogP contribution in [-0.2, 0) is 13.1 Å². The largest absolute Gasteiger partial charge is 0.396 e. The normalized spacial score (nSPS) is 13.3. The van der Waals surface area contributed by atoms with Crippen molar-refractivity contribution in [2.75, 3.05) is 18.0 Å². The minimum Gasteiger partial charge on any atom is -0.396 e. The van der Waals surface area contributed by atoms with Crippen molar-refractivity contribution in [1.82, 2.24) is 19.1 Å². The van der Waals surface area contributed by atoms with Crippen LogP contribution >= 0.6 is 0 Å². The van der Waals surface area contributed by atoms with Gasteiger partial charge in [0.25, 0.3) is 0 Å². The SMILES string of the molecule is [C-]#[N+]c1nc2nc(N3CCCCC3)n(CC#CC)c2c(=O)n1Cc1ccccc1C#N. The molecule has 1 aliphatic rings. The Bertz CT molecular complexity index is 1330. The lowest BCUT2D eigenvalue weighted by Gasteiger charge is -2.27. The second-order valence-electron chi connectivity index (χ2n) is 7.33. The maximum atomic E-state index is 13.6. The van der Waals surface area contributed by atoms with E-state index in [1.165, 1.54) is 11.0 Å². The lowest BCUT2D eigenvalue weighted by Crippen LogP contribution is -2.32. The number of nitriles is 1. The van der Waals surface area contributed by atoms with Crippen molar-refractivity contribution < 1.29 is 0 Å². The highest BCUT2D eigenvalue weighted by atomic mass is 16.1. The molecular weight excluding hydrogens is 390 g/mol. The van der Waals surface area contributed by atoms with Crippen LogP contribution in [0, 0.1) is 29.7 Å². The molecule has 1 aromatic carbocycles. The van der Waals surface area contributed by atoms with Crippen molar-refractivity contribution in [1.29, 1.82) is 5.26 Å². The Hall–Kier alpha value is -4.09. The molecule has 8 heteroatoms. The lowest BCUT2D eigenvalue weighted by atomic mass is 10.1. The summed E-state index contributed by atoms with van der Waals surface area (Å²) in [6.45, 7) is 11.5. The van der Waals surface area contributed by atoms with E-state index in [-0.39, 0.29) is 23.7 Å². The molecule has 0 N–H and O–H groups in total. The molecule has 0 bridgehead atoms. The summed E-state index contributed by atoms with van der Waals surface area (Å²) in [5.74, 6) is 6.55. The minimum atomic E-state index is -0.350. The van der Waals surface area contributed by atoms with Crippen LogP contribution in [0.1, 0.15) is 37.3 Å². The summed E-state index contributed by atoms with van der Waals surface area (Å²) in [5, 5.41) is 9.40. The fraction of sp³-hybridized carbons (Fsp3) is 0.348. The summed E-state index contributed by atoms with van der Waals surface area (Å²) in [6, 6.07) is 9.19. The van der Waals surface area contributed by atoms with Gasteiger partial charge in [-0.3, -0.25) is 9.13 Å². The van der Waals surface area contributed by atoms with Crippen molar-refractivity contribution in [3.05, 3.63) is 57.2 Å². The first-order valence-electron chi connectivity index (χ1n) is 10.2. The fourth-order valence-electron chi connectivity index (χ4n) is 3.90. The highest BCUT2D eigenvalue weighted by Crippen LogP contribution is 2.24. The van der Waals surface area contributed by atoms with Gasteiger partial charge in [-0.05, 0) is 32.3 Å². The number of aromatic nitrogens is 4. The number of hydrogen-bond donors (Lipinski definition) is 0. The average molecular weight is 411 g/mol. The molecule has 2 aromatic heterocycles. The maximum Gasteiger partial charge on any atom is 0.343 e. The molecule has 1 aliphatic heterocycles. The summed E-state index contributed by atoms with van der Waals surface area (Å²) in [4.78, 5) is 28.2. The number of anilines is 1. The number of fused-ring (bicyclic) bond motifs is 1. The Balaban J connectivity index is 1.92. The molecule has 0 radical (unpaired) electrons. The first-order chi connectivity index (χ1) is 15.2. The average Bonchev–Trinajstić information content (AvgIpc) is 3.18. The lowest BCUT2D eigenvalue weighted by molar-refractivity contribution is 0.561. The van der Waals surface area contributed by atoms with Gasteiger partial charge in [-0.1, -0.05) is 24.1 Å². The highest BCUT2D eigenvalue weighted by Gasteiger charge is 2.25. The van der Waals surface area contributed by atoms with Crippen LogP contribution in [0.2, 0.25) is 0 Å². The van der Waals surface area contributed by atoms with Gasteiger partial charge in [-0.2, -0.15) is 10.2 Å². The van der Waals surface area contributed by atoms with Gasteiger partial charge in [0.1, 0.15) is 0 Å². The van der Waals surface area contributed by atoms with E-state index in [4.69, 9.17) is 6.57 Å². The van der Waals surface area contributed by atoms with Gasteiger partial charge in [-0.25, -0.2) is 4.79 Å². The van der Waals surface area contributed by atoms with E-state index in [9.17, 15) is 10.1 Å². The van der Waals surface area contributed by atoms with E-state index in [1.807, 2.05) is 4.57 Å². The van der Waals surface area contributed by atoms with E-state index < -0.39 is 0 Å². The smallest absolute Gasteiger partial charge is 0.343 e. The Morgan fingerprint density at radius 2 is 1.94 bits per heavy atom. The Morgan fingerprint density at radius 1 is 1.16 bits per heavy atom. The van der Waals surface area contributed by atoms with Crippen molar-refractivity contribution in [3.8, 4) is 17.9 Å². The number of nitrogens with zero attached hydrogens (tertiary/aromatic N) is 7. The molecule has 0 atom stereocenters. The van der Waals surface area contributed by atoms with Crippen LogP contribution in [0.4, 0.5) is 11.9 Å². The Kier molecular flexibility index (Phi) is 5.69. The van der Waals surface area contributed by atoms with Gasteiger partial charge in [-0.15, -0.1) is 17.5 Å². The van der Waals surface area contributed by atoms with Gasteiger partial charge in [0, 0.05) is 18.7 Å². The van der Waals surface area contributed by atoms with Crippen LogP contribution in [0.15, 0.2) is 29.1 Å². The molecule has 0 unspecified atom stereocenters. The summed E-state index contributed by atoms with van der Waals surface area (Å²) in [7, 11) is 0. The third kappa shape index (κ3) is 3.74. The molecule has 0 spiro atoms. The van der Waals surface area contributed by atoms with Crippen molar-refractivity contribution in [2.24, 2.45) is 0 Å². The molecular formula is C23H21N7O. The summed E-state index contributed by atoms with van der Waals surface area (Å²) in [6.07, 6.45) is 3.31. The van der Waals surface area contributed by atoms with Gasteiger partial charge < -0.3 is 9.74 Å². The van der Waals surface area contributed by atoms with E-state index >= 15 is 0 Å². The molecule has 0 aliphatic carbocycles. The van der Waals surface area contributed by atoms with E-state index in [1.54, 1.807) is 31.2 Å². The van der Waals surface area contributed by atoms with Crippen LogP contribution in [-0.4, -0.2) is 32.2 Å². The zero-order chi connectivity index (χ0) is 21.8. The van der Waals surface area contributed by atoms with Gasteiger partial charge in [0.15, 0.2) is 5.52 Å². The third-order valence-electron chi connectivity index (χ3n) is 5.44. The fourth-order valence-corrected chi connectivity index (χ4v) is 3.90. The molecule has 1 fully saturated rings. The van der Waals surface area contributed by atoms with Gasteiger partial charge in [0.2, 0.25) is 11.6 Å². The molecule has 31 heavy (non-hydrogen) atoms. The number of benzene rings is 1. The number of hydrogen-bond acceptors (Lipinski definition) is 5. The predicted octanol–water partition coefficient (Wildman–Crippen LogP) is 3.08. The quantitative estimate of drug-likeness (QED) is 0.487. The first kappa shape index (κ1) is 20.2. The van der Waals surface area contributed by atoms with E-state index in [2.05, 4.69) is 37.6 Å². The zero-order valence-electron chi connectivity index (χ0n) is 17.3. The van der Waals surface area contributed by atoms with Crippen molar-refractivity contribution in [2.45, 2.75) is 39.3 Å². The van der Waals surface area contributed by atoms with Crippen molar-refractivity contribution in [3.63, 3.8) is 0 Å². The summed E-state index contributed by atoms with van der Waals surface area (Å²) < 4.78 is 3.13.